The summed E-state index contributed by atoms with van der Waals surface area (Å²) in [6.45, 7) is 3.04. The number of carbonyl (C=O) groups is 1. The van der Waals surface area contributed by atoms with Crippen molar-refractivity contribution in [1.29, 1.82) is 0 Å². The fourth-order valence-electron chi connectivity index (χ4n) is 3.27. The Balaban J connectivity index is 0.00000182. The Morgan fingerprint density at radius 1 is 1.32 bits per heavy atom. The molecule has 0 spiro atoms. The SMILES string of the molecule is Cl.Cn1ccnc1C1CNCCN1C(=O)c1cccc2c1OCCO2. The minimum absolute atomic E-state index is 0. The van der Waals surface area contributed by atoms with Gasteiger partial charge in [-0.25, -0.2) is 4.98 Å². The largest absolute Gasteiger partial charge is 0.486 e. The second-order valence-corrected chi connectivity index (χ2v) is 5.94. The van der Waals surface area contributed by atoms with Gasteiger partial charge in [-0.1, -0.05) is 6.07 Å². The van der Waals surface area contributed by atoms with Crippen molar-refractivity contribution in [2.45, 2.75) is 6.04 Å². The van der Waals surface area contributed by atoms with Gasteiger partial charge in [-0.15, -0.1) is 12.4 Å². The van der Waals surface area contributed by atoms with Gasteiger partial charge in [0.25, 0.3) is 5.91 Å². The number of piperazine rings is 1. The Kier molecular flexibility index (Phi) is 5.15. The predicted octanol–water partition coefficient (Wildman–Crippen LogP) is 1.40. The van der Waals surface area contributed by atoms with Crippen molar-refractivity contribution in [3.63, 3.8) is 0 Å². The van der Waals surface area contributed by atoms with Crippen LogP contribution in [0.4, 0.5) is 0 Å². The van der Waals surface area contributed by atoms with E-state index >= 15 is 0 Å². The number of carbonyl (C=O) groups excluding carboxylic acids is 1. The van der Waals surface area contributed by atoms with Crippen molar-refractivity contribution in [2.75, 3.05) is 32.8 Å². The van der Waals surface area contributed by atoms with Crippen LogP contribution in [0.25, 0.3) is 0 Å². The summed E-state index contributed by atoms with van der Waals surface area (Å²) in [5.74, 6) is 2.01. The molecule has 8 heteroatoms. The van der Waals surface area contributed by atoms with E-state index in [0.29, 0.717) is 43.4 Å². The van der Waals surface area contributed by atoms with Gasteiger partial charge in [0.15, 0.2) is 11.5 Å². The molecule has 0 saturated carbocycles. The van der Waals surface area contributed by atoms with Gasteiger partial charge in [0.2, 0.25) is 0 Å². The first-order valence-corrected chi connectivity index (χ1v) is 8.13. The van der Waals surface area contributed by atoms with Crippen LogP contribution in [0.5, 0.6) is 11.5 Å². The third-order valence-electron chi connectivity index (χ3n) is 4.46. The maximum absolute atomic E-state index is 13.2. The fourth-order valence-corrected chi connectivity index (χ4v) is 3.27. The Morgan fingerprint density at radius 2 is 2.16 bits per heavy atom. The van der Waals surface area contributed by atoms with E-state index in [2.05, 4.69) is 10.3 Å². The average molecular weight is 365 g/mol. The van der Waals surface area contributed by atoms with Crippen LogP contribution in [-0.4, -0.2) is 53.2 Å². The molecule has 7 nitrogen and oxygen atoms in total. The number of amides is 1. The quantitative estimate of drug-likeness (QED) is 0.872. The van der Waals surface area contributed by atoms with Crippen molar-refractivity contribution < 1.29 is 14.3 Å². The summed E-state index contributed by atoms with van der Waals surface area (Å²) >= 11 is 0. The summed E-state index contributed by atoms with van der Waals surface area (Å²) in [6.07, 6.45) is 3.65. The van der Waals surface area contributed by atoms with E-state index in [1.807, 2.05) is 34.8 Å². The lowest BCUT2D eigenvalue weighted by molar-refractivity contribution is 0.0611. The number of para-hydroxylation sites is 1. The number of fused-ring (bicyclic) bond motifs is 1. The molecular formula is C17H21ClN4O3. The molecule has 1 saturated heterocycles. The summed E-state index contributed by atoms with van der Waals surface area (Å²) in [7, 11) is 1.95. The van der Waals surface area contributed by atoms with Crippen LogP contribution in [0.15, 0.2) is 30.6 Å². The number of aryl methyl sites for hydroxylation is 1. The zero-order valence-electron chi connectivity index (χ0n) is 14.0. The summed E-state index contributed by atoms with van der Waals surface area (Å²) in [5, 5.41) is 3.35. The van der Waals surface area contributed by atoms with Gasteiger partial charge in [0.1, 0.15) is 25.1 Å². The third-order valence-corrected chi connectivity index (χ3v) is 4.46. The summed E-state index contributed by atoms with van der Waals surface area (Å²) in [4.78, 5) is 19.5. The topological polar surface area (TPSA) is 68.6 Å². The minimum atomic E-state index is -0.105. The standard InChI is InChI=1S/C17H20N4O3.ClH/c1-20-7-6-19-16(20)13-11-18-5-8-21(13)17(22)12-3-2-4-14-15(12)24-10-9-23-14;/h2-4,6-7,13,18H,5,8-11H2,1H3;1H. The lowest BCUT2D eigenvalue weighted by atomic mass is 10.1. The average Bonchev–Trinajstić information content (AvgIpc) is 3.06. The molecule has 1 unspecified atom stereocenters. The van der Waals surface area contributed by atoms with Gasteiger partial charge in [-0.05, 0) is 12.1 Å². The normalized spacial score (nSPS) is 19.2. The van der Waals surface area contributed by atoms with Gasteiger partial charge in [0.05, 0.1) is 5.56 Å². The lowest BCUT2D eigenvalue weighted by Gasteiger charge is -2.36. The second-order valence-electron chi connectivity index (χ2n) is 5.94. The van der Waals surface area contributed by atoms with Crippen LogP contribution in [0.1, 0.15) is 22.2 Å². The highest BCUT2D eigenvalue weighted by Crippen LogP contribution is 2.35. The van der Waals surface area contributed by atoms with Gasteiger partial charge in [-0.3, -0.25) is 4.79 Å². The molecule has 1 aromatic carbocycles. The zero-order valence-corrected chi connectivity index (χ0v) is 14.8. The van der Waals surface area contributed by atoms with Crippen LogP contribution in [0, 0.1) is 0 Å². The van der Waals surface area contributed by atoms with E-state index in [0.717, 1.165) is 12.4 Å². The number of hydrogen-bond donors (Lipinski definition) is 1. The first kappa shape index (κ1) is 17.6. The molecule has 1 aromatic heterocycles. The molecule has 0 bridgehead atoms. The number of nitrogens with one attached hydrogen (secondary N) is 1. The smallest absolute Gasteiger partial charge is 0.258 e. The highest BCUT2D eigenvalue weighted by molar-refractivity contribution is 5.98. The van der Waals surface area contributed by atoms with Crippen LogP contribution in [-0.2, 0) is 7.05 Å². The summed E-state index contributed by atoms with van der Waals surface area (Å²) in [5.41, 5.74) is 0.549. The molecule has 0 radical (unpaired) electrons. The van der Waals surface area contributed by atoms with Gasteiger partial charge in [0, 0.05) is 39.1 Å². The summed E-state index contributed by atoms with van der Waals surface area (Å²) in [6, 6.07) is 5.36. The van der Waals surface area contributed by atoms with E-state index in [1.165, 1.54) is 0 Å². The molecule has 1 fully saturated rings. The molecular weight excluding hydrogens is 344 g/mol. The van der Waals surface area contributed by atoms with Gasteiger partial charge >= 0.3 is 0 Å². The summed E-state index contributed by atoms with van der Waals surface area (Å²) < 4.78 is 13.3. The molecule has 3 heterocycles. The van der Waals surface area contributed by atoms with E-state index in [-0.39, 0.29) is 24.4 Å². The first-order valence-electron chi connectivity index (χ1n) is 8.13. The zero-order chi connectivity index (χ0) is 16.5. The van der Waals surface area contributed by atoms with Crippen LogP contribution in [0.2, 0.25) is 0 Å². The maximum Gasteiger partial charge on any atom is 0.258 e. The molecule has 134 valence electrons. The van der Waals surface area contributed by atoms with E-state index < -0.39 is 0 Å². The van der Waals surface area contributed by atoms with Gasteiger partial charge in [-0.2, -0.15) is 0 Å². The highest BCUT2D eigenvalue weighted by Gasteiger charge is 2.33. The molecule has 4 rings (SSSR count). The molecule has 2 aromatic rings. The van der Waals surface area contributed by atoms with Crippen molar-refractivity contribution in [3.05, 3.63) is 42.0 Å². The molecule has 0 aliphatic carbocycles. The molecule has 2 aliphatic heterocycles. The number of nitrogens with zero attached hydrogens (tertiary/aromatic N) is 3. The Hall–Kier alpha value is -2.25. The fraction of sp³-hybridized carbons (Fsp3) is 0.412. The monoisotopic (exact) mass is 364 g/mol. The lowest BCUT2D eigenvalue weighted by Crippen LogP contribution is -2.49. The highest BCUT2D eigenvalue weighted by atomic mass is 35.5. The molecule has 1 amide bonds. The Labute approximate surface area is 152 Å². The molecule has 25 heavy (non-hydrogen) atoms. The number of imidazole rings is 1. The number of halogens is 1. The van der Waals surface area contributed by atoms with Gasteiger partial charge < -0.3 is 24.3 Å². The van der Waals surface area contributed by atoms with E-state index in [1.54, 1.807) is 12.3 Å². The maximum atomic E-state index is 13.2. The molecule has 2 aliphatic rings. The van der Waals surface area contributed by atoms with Crippen molar-refractivity contribution in [3.8, 4) is 11.5 Å². The van der Waals surface area contributed by atoms with Crippen molar-refractivity contribution in [1.82, 2.24) is 19.8 Å². The van der Waals surface area contributed by atoms with E-state index in [4.69, 9.17) is 9.47 Å². The second kappa shape index (κ2) is 7.33. The van der Waals surface area contributed by atoms with Crippen molar-refractivity contribution >= 4 is 18.3 Å². The predicted molar refractivity (Wildman–Crippen MR) is 94.5 cm³/mol. The molecule has 1 N–H and O–H groups in total. The van der Waals surface area contributed by atoms with Crippen LogP contribution < -0.4 is 14.8 Å². The van der Waals surface area contributed by atoms with Crippen LogP contribution in [0.3, 0.4) is 0 Å². The molecule has 1 atom stereocenters. The minimum Gasteiger partial charge on any atom is -0.486 e. The first-order chi connectivity index (χ1) is 11.8. The van der Waals surface area contributed by atoms with Crippen LogP contribution >= 0.6 is 12.4 Å². The number of benzene rings is 1. The Morgan fingerprint density at radius 3 is 2.96 bits per heavy atom. The third kappa shape index (κ3) is 3.17. The number of rotatable bonds is 2. The van der Waals surface area contributed by atoms with Crippen molar-refractivity contribution in [2.24, 2.45) is 7.05 Å². The Bertz CT molecular complexity index is 764. The van der Waals surface area contributed by atoms with E-state index in [9.17, 15) is 4.79 Å². The number of aromatic nitrogens is 2. The number of ether oxygens (including phenoxy) is 2. The number of hydrogen-bond acceptors (Lipinski definition) is 5.